The van der Waals surface area contributed by atoms with Crippen molar-refractivity contribution in [1.82, 2.24) is 10.3 Å². The van der Waals surface area contributed by atoms with Crippen LogP contribution in [-0.4, -0.2) is 40.0 Å². The molecule has 1 amide bonds. The van der Waals surface area contributed by atoms with Crippen LogP contribution < -0.4 is 19.0 Å². The number of carbonyl (C=O) groups is 1. The quantitative estimate of drug-likeness (QED) is 0.688. The molecule has 0 bridgehead atoms. The van der Waals surface area contributed by atoms with E-state index in [9.17, 15) is 4.79 Å². The van der Waals surface area contributed by atoms with E-state index in [0.29, 0.717) is 5.56 Å². The standard InChI is InChI=1S/C17H16N2O2Se/c1-18-17(20)11-3-8-15-14(9-11)16(10-19-15)22-13-6-4-12(21-2)5-7-13/h3-10,19H,1-2H3,(H,18,20). The molecule has 22 heavy (non-hydrogen) atoms. The molecule has 0 saturated heterocycles. The summed E-state index contributed by atoms with van der Waals surface area (Å²) in [7, 11) is 3.31. The van der Waals surface area contributed by atoms with Crippen molar-refractivity contribution < 1.29 is 9.53 Å². The second-order valence-corrected chi connectivity index (χ2v) is 7.11. The number of amides is 1. The maximum absolute atomic E-state index is 11.8. The van der Waals surface area contributed by atoms with Crippen LogP contribution in [-0.2, 0) is 0 Å². The normalized spacial score (nSPS) is 10.6. The first kappa shape index (κ1) is 14.7. The van der Waals surface area contributed by atoms with Crippen molar-refractivity contribution in [3.63, 3.8) is 0 Å². The summed E-state index contributed by atoms with van der Waals surface area (Å²) >= 11 is 0.172. The molecule has 112 valence electrons. The number of H-pyrrole nitrogens is 1. The molecule has 3 aromatic rings. The molecule has 0 aliphatic rings. The summed E-state index contributed by atoms with van der Waals surface area (Å²) in [5.41, 5.74) is 1.74. The molecule has 0 aliphatic heterocycles. The van der Waals surface area contributed by atoms with Crippen molar-refractivity contribution >= 4 is 40.7 Å². The third kappa shape index (κ3) is 2.86. The third-order valence-electron chi connectivity index (χ3n) is 3.42. The van der Waals surface area contributed by atoms with E-state index in [-0.39, 0.29) is 20.9 Å². The van der Waals surface area contributed by atoms with Gasteiger partial charge in [0, 0.05) is 0 Å². The molecule has 0 unspecified atom stereocenters. The molecule has 4 nitrogen and oxygen atoms in total. The van der Waals surface area contributed by atoms with Gasteiger partial charge in [-0.3, -0.25) is 0 Å². The Morgan fingerprint density at radius 2 is 1.95 bits per heavy atom. The molecule has 0 aliphatic carbocycles. The molecule has 2 N–H and O–H groups in total. The van der Waals surface area contributed by atoms with Gasteiger partial charge < -0.3 is 0 Å². The number of aromatic nitrogens is 1. The van der Waals surface area contributed by atoms with Gasteiger partial charge in [0.05, 0.1) is 0 Å². The van der Waals surface area contributed by atoms with Crippen LogP contribution in [0.5, 0.6) is 5.75 Å². The Hall–Kier alpha value is -2.23. The number of methoxy groups -OCH3 is 1. The van der Waals surface area contributed by atoms with Gasteiger partial charge in [-0.05, 0) is 0 Å². The minimum atomic E-state index is -0.0639. The van der Waals surface area contributed by atoms with E-state index in [2.05, 4.69) is 22.4 Å². The van der Waals surface area contributed by atoms with Crippen LogP contribution in [0.4, 0.5) is 0 Å². The molecular formula is C17H16N2O2Se. The monoisotopic (exact) mass is 360 g/mol. The van der Waals surface area contributed by atoms with Crippen molar-refractivity contribution in [2.75, 3.05) is 14.2 Å². The Morgan fingerprint density at radius 3 is 2.64 bits per heavy atom. The number of rotatable bonds is 4. The van der Waals surface area contributed by atoms with Crippen LogP contribution in [0.25, 0.3) is 10.9 Å². The number of hydrogen-bond acceptors (Lipinski definition) is 2. The van der Waals surface area contributed by atoms with E-state index in [1.165, 1.54) is 8.92 Å². The van der Waals surface area contributed by atoms with E-state index >= 15 is 0 Å². The summed E-state index contributed by atoms with van der Waals surface area (Å²) in [4.78, 5) is 15.1. The third-order valence-corrected chi connectivity index (χ3v) is 5.66. The Morgan fingerprint density at radius 1 is 1.18 bits per heavy atom. The van der Waals surface area contributed by atoms with Crippen molar-refractivity contribution in [2.24, 2.45) is 0 Å². The van der Waals surface area contributed by atoms with Gasteiger partial charge in [-0.15, -0.1) is 0 Å². The van der Waals surface area contributed by atoms with Crippen LogP contribution in [0.3, 0.4) is 0 Å². The van der Waals surface area contributed by atoms with Gasteiger partial charge in [0.1, 0.15) is 0 Å². The molecule has 0 spiro atoms. The van der Waals surface area contributed by atoms with E-state index in [0.717, 1.165) is 16.7 Å². The fourth-order valence-electron chi connectivity index (χ4n) is 2.24. The van der Waals surface area contributed by atoms with Gasteiger partial charge in [-0.25, -0.2) is 0 Å². The van der Waals surface area contributed by atoms with Gasteiger partial charge in [-0.2, -0.15) is 0 Å². The summed E-state index contributed by atoms with van der Waals surface area (Å²) in [5.74, 6) is 0.798. The predicted molar refractivity (Wildman–Crippen MR) is 89.7 cm³/mol. The van der Waals surface area contributed by atoms with Crippen LogP contribution in [0, 0.1) is 0 Å². The Labute approximate surface area is 135 Å². The van der Waals surface area contributed by atoms with Crippen molar-refractivity contribution in [2.45, 2.75) is 0 Å². The SMILES string of the molecule is CNC(=O)c1ccc2[nH]cc([Se]c3ccc(OC)cc3)c2c1. The van der Waals surface area contributed by atoms with E-state index in [1.807, 2.05) is 36.5 Å². The average Bonchev–Trinajstić information content (AvgIpc) is 2.97. The molecule has 1 aromatic heterocycles. The molecule has 3 rings (SSSR count). The first-order valence-corrected chi connectivity index (χ1v) is 8.57. The topological polar surface area (TPSA) is 54.1 Å². The van der Waals surface area contributed by atoms with Crippen molar-refractivity contribution in [1.29, 1.82) is 0 Å². The zero-order valence-corrected chi connectivity index (χ0v) is 14.1. The first-order chi connectivity index (χ1) is 10.7. The zero-order chi connectivity index (χ0) is 15.5. The number of aromatic amines is 1. The molecule has 1 heterocycles. The predicted octanol–water partition coefficient (Wildman–Crippen LogP) is 1.19. The molecule has 0 fully saturated rings. The summed E-state index contributed by atoms with van der Waals surface area (Å²) < 4.78 is 7.68. The van der Waals surface area contributed by atoms with E-state index in [1.54, 1.807) is 14.2 Å². The number of hydrogen-bond donors (Lipinski definition) is 2. The Bertz CT molecular complexity index is 809. The van der Waals surface area contributed by atoms with Gasteiger partial charge in [0.25, 0.3) is 0 Å². The summed E-state index contributed by atoms with van der Waals surface area (Å²) in [6.45, 7) is 0. The van der Waals surface area contributed by atoms with Crippen LogP contribution in [0.2, 0.25) is 0 Å². The minimum absolute atomic E-state index is 0.0639. The number of nitrogens with one attached hydrogen (secondary N) is 2. The van der Waals surface area contributed by atoms with Gasteiger partial charge in [0.2, 0.25) is 0 Å². The van der Waals surface area contributed by atoms with Crippen molar-refractivity contribution in [3.8, 4) is 5.75 Å². The Balaban J connectivity index is 1.94. The van der Waals surface area contributed by atoms with Gasteiger partial charge in [-0.1, -0.05) is 0 Å². The van der Waals surface area contributed by atoms with Gasteiger partial charge >= 0.3 is 135 Å². The molecule has 0 atom stereocenters. The fraction of sp³-hybridized carbons (Fsp3) is 0.118. The Kier molecular flexibility index (Phi) is 4.18. The number of fused-ring (bicyclic) bond motifs is 1. The average molecular weight is 359 g/mol. The van der Waals surface area contributed by atoms with Crippen LogP contribution >= 0.6 is 0 Å². The summed E-state index contributed by atoms with van der Waals surface area (Å²) in [6.07, 6.45) is 2.03. The first-order valence-electron chi connectivity index (χ1n) is 6.86. The van der Waals surface area contributed by atoms with Crippen LogP contribution in [0.15, 0.2) is 48.7 Å². The van der Waals surface area contributed by atoms with Gasteiger partial charge in [0.15, 0.2) is 0 Å². The summed E-state index contributed by atoms with van der Waals surface area (Å²) in [6, 6.07) is 13.9. The number of ether oxygens (including phenoxy) is 1. The molecule has 0 saturated carbocycles. The molecule has 0 radical (unpaired) electrons. The fourth-order valence-corrected chi connectivity index (χ4v) is 4.17. The molecule has 2 aromatic carbocycles. The molecular weight excluding hydrogens is 343 g/mol. The molecule has 5 heteroatoms. The zero-order valence-electron chi connectivity index (χ0n) is 12.3. The van der Waals surface area contributed by atoms with E-state index in [4.69, 9.17) is 4.74 Å². The van der Waals surface area contributed by atoms with Crippen LogP contribution in [0.1, 0.15) is 10.4 Å². The number of carbonyl (C=O) groups excluding carboxylic acids is 1. The summed E-state index contributed by atoms with van der Waals surface area (Å²) in [5, 5.41) is 3.77. The van der Waals surface area contributed by atoms with Crippen molar-refractivity contribution in [3.05, 3.63) is 54.2 Å². The second-order valence-electron chi connectivity index (χ2n) is 4.77. The second kappa shape index (κ2) is 6.26. The number of benzene rings is 2. The van der Waals surface area contributed by atoms with E-state index < -0.39 is 0 Å². The maximum atomic E-state index is 11.8.